The Kier molecular flexibility index (Phi) is 3.71. The first-order chi connectivity index (χ1) is 4.16. The number of amides is 1. The maximum Gasteiger partial charge on any atom is 0.241 e. The second-order valence-corrected chi connectivity index (χ2v) is 1.83. The quantitative estimate of drug-likeness (QED) is 0.515. The molecule has 1 amide bonds. The molecule has 0 heterocycles. The second kappa shape index (κ2) is 4.09. The van der Waals surface area contributed by atoms with E-state index in [9.17, 15) is 4.79 Å². The van der Waals surface area contributed by atoms with Crippen LogP contribution in [0.15, 0.2) is 12.2 Å². The number of nitrogens with two attached hydrogens (primary N) is 2. The summed E-state index contributed by atoms with van der Waals surface area (Å²) >= 11 is 0. The Bertz CT molecular complexity index is 120. The van der Waals surface area contributed by atoms with Gasteiger partial charge in [-0.2, -0.15) is 0 Å². The van der Waals surface area contributed by atoms with Crippen molar-refractivity contribution >= 4 is 5.91 Å². The maximum absolute atomic E-state index is 10.1. The molecule has 0 aromatic rings. The first kappa shape index (κ1) is 8.17. The van der Waals surface area contributed by atoms with Gasteiger partial charge >= 0.3 is 0 Å². The summed E-state index contributed by atoms with van der Waals surface area (Å²) in [7, 11) is 0. The van der Waals surface area contributed by atoms with Gasteiger partial charge in [-0.3, -0.25) is 4.79 Å². The Morgan fingerprint density at radius 1 is 1.78 bits per heavy atom. The molecule has 0 rings (SSSR count). The molecule has 3 nitrogen and oxygen atoms in total. The van der Waals surface area contributed by atoms with Crippen LogP contribution < -0.4 is 11.5 Å². The van der Waals surface area contributed by atoms with Crippen molar-refractivity contribution in [3.05, 3.63) is 12.2 Å². The predicted octanol–water partition coefficient (Wildman–Crippen LogP) is -0.235. The lowest BCUT2D eigenvalue weighted by Gasteiger charge is -1.97. The van der Waals surface area contributed by atoms with Crippen LogP contribution in [0.25, 0.3) is 0 Å². The minimum atomic E-state index is -0.445. The lowest BCUT2D eigenvalue weighted by Crippen LogP contribution is -2.16. The third-order valence-corrected chi connectivity index (χ3v) is 0.979. The van der Waals surface area contributed by atoms with Crippen LogP contribution in [0.3, 0.4) is 0 Å². The van der Waals surface area contributed by atoms with Gasteiger partial charge in [-0.15, -0.1) is 0 Å². The zero-order valence-corrected chi connectivity index (χ0v) is 5.50. The van der Waals surface area contributed by atoms with E-state index in [-0.39, 0.29) is 6.04 Å². The van der Waals surface area contributed by atoms with E-state index in [2.05, 4.69) is 0 Å². The fourth-order valence-corrected chi connectivity index (χ4v) is 0.355. The Hall–Kier alpha value is -0.830. The first-order valence-electron chi connectivity index (χ1n) is 2.90. The van der Waals surface area contributed by atoms with E-state index in [1.165, 1.54) is 6.08 Å². The molecule has 0 saturated heterocycles. The van der Waals surface area contributed by atoms with Crippen LogP contribution in [-0.4, -0.2) is 11.9 Å². The van der Waals surface area contributed by atoms with Crippen molar-refractivity contribution in [2.45, 2.75) is 19.4 Å². The zero-order chi connectivity index (χ0) is 7.28. The molecular weight excluding hydrogens is 116 g/mol. The number of carbonyl (C=O) groups is 1. The Balaban J connectivity index is 3.56. The van der Waals surface area contributed by atoms with Crippen molar-refractivity contribution in [2.75, 3.05) is 0 Å². The number of hydrogen-bond acceptors (Lipinski definition) is 2. The van der Waals surface area contributed by atoms with Crippen molar-refractivity contribution in [1.82, 2.24) is 0 Å². The minimum Gasteiger partial charge on any atom is -0.366 e. The largest absolute Gasteiger partial charge is 0.366 e. The molecule has 0 aromatic heterocycles. The van der Waals surface area contributed by atoms with E-state index in [4.69, 9.17) is 11.5 Å². The van der Waals surface area contributed by atoms with E-state index in [0.717, 1.165) is 6.42 Å². The second-order valence-electron chi connectivity index (χ2n) is 1.83. The van der Waals surface area contributed by atoms with Crippen molar-refractivity contribution < 1.29 is 4.79 Å². The van der Waals surface area contributed by atoms with Gasteiger partial charge in [0, 0.05) is 12.1 Å². The SMILES string of the molecule is CCC(N)C=CC(N)=O. The van der Waals surface area contributed by atoms with Gasteiger partial charge in [-0.1, -0.05) is 13.0 Å². The summed E-state index contributed by atoms with van der Waals surface area (Å²) in [6.45, 7) is 1.94. The maximum atomic E-state index is 10.1. The molecular formula is C6H12N2O. The normalized spacial score (nSPS) is 14.0. The molecule has 0 aliphatic rings. The molecule has 0 aliphatic heterocycles. The molecule has 1 atom stereocenters. The van der Waals surface area contributed by atoms with Gasteiger partial charge in [0.05, 0.1) is 0 Å². The highest BCUT2D eigenvalue weighted by Gasteiger charge is 1.90. The van der Waals surface area contributed by atoms with Gasteiger partial charge in [0.2, 0.25) is 5.91 Å². The van der Waals surface area contributed by atoms with Crippen LogP contribution in [0.4, 0.5) is 0 Å². The topological polar surface area (TPSA) is 69.1 Å². The summed E-state index contributed by atoms with van der Waals surface area (Å²) < 4.78 is 0. The van der Waals surface area contributed by atoms with E-state index in [1.54, 1.807) is 6.08 Å². The highest BCUT2D eigenvalue weighted by atomic mass is 16.1. The van der Waals surface area contributed by atoms with Crippen molar-refractivity contribution in [2.24, 2.45) is 11.5 Å². The highest BCUT2D eigenvalue weighted by Crippen LogP contribution is 1.86. The van der Waals surface area contributed by atoms with Gasteiger partial charge in [0.1, 0.15) is 0 Å². The average molecular weight is 128 g/mol. The molecule has 0 saturated carbocycles. The fraction of sp³-hybridized carbons (Fsp3) is 0.500. The summed E-state index contributed by atoms with van der Waals surface area (Å²) in [5.41, 5.74) is 10.2. The van der Waals surface area contributed by atoms with Crippen LogP contribution in [0, 0.1) is 0 Å². The Morgan fingerprint density at radius 3 is 2.67 bits per heavy atom. The number of hydrogen-bond donors (Lipinski definition) is 2. The molecule has 1 unspecified atom stereocenters. The minimum absolute atomic E-state index is 0.0440. The van der Waals surface area contributed by atoms with E-state index in [1.807, 2.05) is 6.92 Å². The summed E-state index contributed by atoms with van der Waals surface area (Å²) in [5, 5.41) is 0. The third kappa shape index (κ3) is 5.03. The predicted molar refractivity (Wildman–Crippen MR) is 36.6 cm³/mol. The van der Waals surface area contributed by atoms with Gasteiger partial charge < -0.3 is 11.5 Å². The van der Waals surface area contributed by atoms with Crippen molar-refractivity contribution in [3.8, 4) is 0 Å². The molecule has 0 aliphatic carbocycles. The van der Waals surface area contributed by atoms with E-state index < -0.39 is 5.91 Å². The third-order valence-electron chi connectivity index (χ3n) is 0.979. The summed E-state index contributed by atoms with van der Waals surface area (Å²) in [5.74, 6) is -0.445. The molecule has 4 N–H and O–H groups in total. The molecule has 0 radical (unpaired) electrons. The van der Waals surface area contributed by atoms with Crippen LogP contribution in [0.5, 0.6) is 0 Å². The van der Waals surface area contributed by atoms with Crippen molar-refractivity contribution in [3.63, 3.8) is 0 Å². The van der Waals surface area contributed by atoms with Gasteiger partial charge in [0.15, 0.2) is 0 Å². The molecule has 0 fully saturated rings. The number of primary amides is 1. The molecule has 0 aromatic carbocycles. The van der Waals surface area contributed by atoms with Crippen LogP contribution in [0.1, 0.15) is 13.3 Å². The Morgan fingerprint density at radius 2 is 2.33 bits per heavy atom. The van der Waals surface area contributed by atoms with Crippen molar-refractivity contribution in [1.29, 1.82) is 0 Å². The van der Waals surface area contributed by atoms with Gasteiger partial charge in [-0.05, 0) is 6.42 Å². The van der Waals surface area contributed by atoms with E-state index >= 15 is 0 Å². The highest BCUT2D eigenvalue weighted by molar-refractivity contribution is 5.85. The molecule has 52 valence electrons. The summed E-state index contributed by atoms with van der Waals surface area (Å²) in [6.07, 6.45) is 3.71. The molecule has 0 spiro atoms. The van der Waals surface area contributed by atoms with Gasteiger partial charge in [0.25, 0.3) is 0 Å². The Labute approximate surface area is 54.7 Å². The van der Waals surface area contributed by atoms with E-state index in [0.29, 0.717) is 0 Å². The molecule has 3 heteroatoms. The smallest absolute Gasteiger partial charge is 0.241 e. The monoisotopic (exact) mass is 128 g/mol. The average Bonchev–Trinajstić information content (AvgIpc) is 1.83. The first-order valence-corrected chi connectivity index (χ1v) is 2.90. The lowest BCUT2D eigenvalue weighted by atomic mass is 10.2. The summed E-state index contributed by atoms with van der Waals surface area (Å²) in [4.78, 5) is 10.1. The van der Waals surface area contributed by atoms with Crippen LogP contribution >= 0.6 is 0 Å². The summed E-state index contributed by atoms with van der Waals surface area (Å²) in [6, 6.07) is -0.0440. The zero-order valence-electron chi connectivity index (χ0n) is 5.50. The van der Waals surface area contributed by atoms with Crippen LogP contribution in [0.2, 0.25) is 0 Å². The lowest BCUT2D eigenvalue weighted by molar-refractivity contribution is -0.113. The van der Waals surface area contributed by atoms with Crippen LogP contribution in [-0.2, 0) is 4.79 Å². The molecule has 9 heavy (non-hydrogen) atoms. The van der Waals surface area contributed by atoms with Gasteiger partial charge in [-0.25, -0.2) is 0 Å². The number of rotatable bonds is 3. The molecule has 0 bridgehead atoms. The standard InChI is InChI=1S/C6H12N2O/c1-2-5(7)3-4-6(8)9/h3-5H,2,7H2,1H3,(H2,8,9). The number of carbonyl (C=O) groups excluding carboxylic acids is 1. The fourth-order valence-electron chi connectivity index (χ4n) is 0.355.